The number of thiophene rings is 1. The molecular weight excluding hydrogens is 320 g/mol. The first kappa shape index (κ1) is 19.0. The van der Waals surface area contributed by atoms with Crippen LogP contribution in [-0.2, 0) is 19.1 Å². The van der Waals surface area contributed by atoms with Crippen LogP contribution in [0.25, 0.3) is 0 Å². The van der Waals surface area contributed by atoms with Gasteiger partial charge in [0.15, 0.2) is 0 Å². The maximum atomic E-state index is 12.3. The molecule has 23 heavy (non-hydrogen) atoms. The van der Waals surface area contributed by atoms with Crippen LogP contribution in [0.1, 0.15) is 27.7 Å². The minimum absolute atomic E-state index is 0.247. The Bertz CT molecular complexity index is 546. The summed E-state index contributed by atoms with van der Waals surface area (Å²) in [7, 11) is 0. The summed E-state index contributed by atoms with van der Waals surface area (Å²) in [6.07, 6.45) is 0. The largest absolute Gasteiger partial charge is 0.480 e. The first-order valence-electron chi connectivity index (χ1n) is 7.29. The molecule has 7 nitrogen and oxygen atoms in total. The fourth-order valence-electron chi connectivity index (χ4n) is 2.09. The van der Waals surface area contributed by atoms with Crippen molar-refractivity contribution in [3.05, 3.63) is 16.8 Å². The molecule has 0 radical (unpaired) electrons. The van der Waals surface area contributed by atoms with Gasteiger partial charge in [0.2, 0.25) is 5.91 Å². The van der Waals surface area contributed by atoms with Crippen molar-refractivity contribution in [2.75, 3.05) is 11.5 Å². The number of nitrogens with one attached hydrogen (secondary N) is 1. The zero-order chi connectivity index (χ0) is 17.6. The SMILES string of the molecule is CCOC(=O)[C@H](C)N(c1ccsc1)[C@@H](C)C(=O)N[C@@H](C)C(=O)O. The third-order valence-electron chi connectivity index (χ3n) is 3.38. The number of rotatable bonds is 8. The van der Waals surface area contributed by atoms with E-state index in [1.165, 1.54) is 18.3 Å². The van der Waals surface area contributed by atoms with Crippen LogP contribution in [0.3, 0.4) is 0 Å². The summed E-state index contributed by atoms with van der Waals surface area (Å²) < 4.78 is 5.03. The number of amides is 1. The third kappa shape index (κ3) is 4.95. The maximum absolute atomic E-state index is 12.3. The maximum Gasteiger partial charge on any atom is 0.328 e. The van der Waals surface area contributed by atoms with Gasteiger partial charge in [0.05, 0.1) is 6.61 Å². The van der Waals surface area contributed by atoms with Gasteiger partial charge in [0.25, 0.3) is 0 Å². The topological polar surface area (TPSA) is 95.9 Å². The van der Waals surface area contributed by atoms with E-state index in [1.807, 2.05) is 10.8 Å². The summed E-state index contributed by atoms with van der Waals surface area (Å²) in [5.41, 5.74) is 0.709. The van der Waals surface area contributed by atoms with Crippen molar-refractivity contribution in [3.63, 3.8) is 0 Å². The van der Waals surface area contributed by atoms with E-state index >= 15 is 0 Å². The van der Waals surface area contributed by atoms with Gasteiger partial charge < -0.3 is 20.1 Å². The summed E-state index contributed by atoms with van der Waals surface area (Å²) in [4.78, 5) is 36.9. The number of hydrogen-bond donors (Lipinski definition) is 2. The first-order valence-corrected chi connectivity index (χ1v) is 8.24. The molecule has 0 aromatic carbocycles. The zero-order valence-corrected chi connectivity index (χ0v) is 14.4. The molecule has 8 heteroatoms. The highest BCUT2D eigenvalue weighted by Gasteiger charge is 2.32. The molecule has 1 aromatic heterocycles. The van der Waals surface area contributed by atoms with Gasteiger partial charge in [-0.1, -0.05) is 0 Å². The smallest absolute Gasteiger partial charge is 0.328 e. The number of esters is 1. The highest BCUT2D eigenvalue weighted by molar-refractivity contribution is 7.08. The number of hydrogen-bond acceptors (Lipinski definition) is 6. The molecule has 128 valence electrons. The summed E-state index contributed by atoms with van der Waals surface area (Å²) in [5, 5.41) is 15.0. The second-order valence-electron chi connectivity index (χ2n) is 5.06. The molecule has 0 fully saturated rings. The lowest BCUT2D eigenvalue weighted by Crippen LogP contribution is -2.54. The minimum Gasteiger partial charge on any atom is -0.480 e. The van der Waals surface area contributed by atoms with Crippen LogP contribution < -0.4 is 10.2 Å². The van der Waals surface area contributed by atoms with Crippen molar-refractivity contribution in [2.24, 2.45) is 0 Å². The van der Waals surface area contributed by atoms with E-state index in [0.717, 1.165) is 0 Å². The van der Waals surface area contributed by atoms with E-state index in [-0.39, 0.29) is 6.61 Å². The predicted octanol–water partition coefficient (Wildman–Crippen LogP) is 1.48. The molecule has 0 aliphatic heterocycles. The fraction of sp³-hybridized carbons (Fsp3) is 0.533. The number of carboxylic acid groups (broad SMARTS) is 1. The Labute approximate surface area is 139 Å². The minimum atomic E-state index is -1.12. The molecule has 2 N–H and O–H groups in total. The lowest BCUT2D eigenvalue weighted by Gasteiger charge is -2.34. The standard InChI is InChI=1S/C15H22N2O5S/c1-5-22-15(21)11(4)17(12-6-7-23-8-12)10(3)13(18)16-9(2)14(19)20/h6-11H,5H2,1-4H3,(H,16,18)(H,19,20)/t9-,10-,11-/m0/s1. The van der Waals surface area contributed by atoms with E-state index in [9.17, 15) is 14.4 Å². The normalized spacial score (nSPS) is 14.4. The molecule has 1 rings (SSSR count). The van der Waals surface area contributed by atoms with Crippen LogP contribution >= 0.6 is 11.3 Å². The second kappa shape index (κ2) is 8.52. The molecule has 0 aliphatic rings. The molecule has 0 saturated heterocycles. The van der Waals surface area contributed by atoms with Crippen molar-refractivity contribution in [2.45, 2.75) is 45.8 Å². The van der Waals surface area contributed by atoms with Gasteiger partial charge >= 0.3 is 11.9 Å². The van der Waals surface area contributed by atoms with E-state index in [1.54, 1.807) is 31.7 Å². The van der Waals surface area contributed by atoms with E-state index in [2.05, 4.69) is 5.32 Å². The molecule has 0 aliphatic carbocycles. The molecule has 1 aromatic rings. The first-order chi connectivity index (χ1) is 10.8. The Kier molecular flexibility index (Phi) is 7.02. The number of ether oxygens (including phenoxy) is 1. The Balaban J connectivity index is 2.98. The Morgan fingerprint density at radius 1 is 1.30 bits per heavy atom. The summed E-state index contributed by atoms with van der Waals surface area (Å²) in [6.45, 7) is 6.62. The Morgan fingerprint density at radius 3 is 2.43 bits per heavy atom. The van der Waals surface area contributed by atoms with Crippen molar-refractivity contribution in [1.82, 2.24) is 5.32 Å². The van der Waals surface area contributed by atoms with Gasteiger partial charge in [0, 0.05) is 11.1 Å². The monoisotopic (exact) mass is 342 g/mol. The highest BCUT2D eigenvalue weighted by atomic mass is 32.1. The second-order valence-corrected chi connectivity index (χ2v) is 5.84. The molecule has 1 heterocycles. The summed E-state index contributed by atoms with van der Waals surface area (Å²) in [5.74, 6) is -2.03. The molecule has 0 saturated carbocycles. The number of nitrogens with zero attached hydrogens (tertiary/aromatic N) is 1. The number of carbonyl (C=O) groups is 3. The number of aliphatic carboxylic acids is 1. The van der Waals surface area contributed by atoms with Crippen LogP contribution in [0.5, 0.6) is 0 Å². The molecule has 0 spiro atoms. The number of carbonyl (C=O) groups excluding carboxylic acids is 2. The van der Waals surface area contributed by atoms with Gasteiger partial charge in [-0.15, -0.1) is 0 Å². The van der Waals surface area contributed by atoms with Gasteiger partial charge in [-0.2, -0.15) is 11.3 Å². The Morgan fingerprint density at radius 2 is 1.96 bits per heavy atom. The van der Waals surface area contributed by atoms with Crippen molar-refractivity contribution in [3.8, 4) is 0 Å². The van der Waals surface area contributed by atoms with E-state index in [0.29, 0.717) is 5.69 Å². The van der Waals surface area contributed by atoms with Gasteiger partial charge in [-0.25, -0.2) is 4.79 Å². The van der Waals surface area contributed by atoms with Gasteiger partial charge in [0.1, 0.15) is 18.1 Å². The van der Waals surface area contributed by atoms with Crippen LogP contribution in [-0.4, -0.2) is 47.7 Å². The van der Waals surface area contributed by atoms with Gasteiger partial charge in [-0.05, 0) is 39.1 Å². The lowest BCUT2D eigenvalue weighted by atomic mass is 10.1. The average molecular weight is 342 g/mol. The van der Waals surface area contributed by atoms with Crippen LogP contribution in [0.2, 0.25) is 0 Å². The van der Waals surface area contributed by atoms with Crippen LogP contribution in [0.4, 0.5) is 5.69 Å². The van der Waals surface area contributed by atoms with Crippen molar-refractivity contribution < 1.29 is 24.2 Å². The van der Waals surface area contributed by atoms with Crippen LogP contribution in [0.15, 0.2) is 16.8 Å². The molecular formula is C15H22N2O5S. The predicted molar refractivity (Wildman–Crippen MR) is 87.6 cm³/mol. The van der Waals surface area contributed by atoms with E-state index in [4.69, 9.17) is 9.84 Å². The average Bonchev–Trinajstić information content (AvgIpc) is 3.01. The quantitative estimate of drug-likeness (QED) is 0.695. The fourth-order valence-corrected chi connectivity index (χ4v) is 2.72. The molecule has 1 amide bonds. The van der Waals surface area contributed by atoms with Crippen molar-refractivity contribution >= 4 is 34.9 Å². The van der Waals surface area contributed by atoms with Gasteiger partial charge in [-0.3, -0.25) is 9.59 Å². The number of carboxylic acids is 1. The molecule has 0 bridgehead atoms. The van der Waals surface area contributed by atoms with E-state index < -0.39 is 36.0 Å². The third-order valence-corrected chi connectivity index (χ3v) is 4.05. The number of anilines is 1. The zero-order valence-electron chi connectivity index (χ0n) is 13.6. The summed E-state index contributed by atoms with van der Waals surface area (Å²) >= 11 is 1.44. The molecule has 0 unspecified atom stereocenters. The molecule has 3 atom stereocenters. The summed E-state index contributed by atoms with van der Waals surface area (Å²) in [6, 6.07) is -0.617. The highest BCUT2D eigenvalue weighted by Crippen LogP contribution is 2.24. The Hall–Kier alpha value is -2.09. The van der Waals surface area contributed by atoms with Crippen molar-refractivity contribution in [1.29, 1.82) is 0 Å². The lowest BCUT2D eigenvalue weighted by molar-refractivity contribution is -0.145. The van der Waals surface area contributed by atoms with Crippen LogP contribution in [0, 0.1) is 0 Å².